The van der Waals surface area contributed by atoms with E-state index in [9.17, 15) is 24.8 Å². The maximum Gasteiger partial charge on any atom is 0.295 e. The maximum atomic E-state index is 13.0. The number of nitro groups is 1. The van der Waals surface area contributed by atoms with Gasteiger partial charge in [-0.05, 0) is 29.7 Å². The van der Waals surface area contributed by atoms with E-state index in [1.165, 1.54) is 29.2 Å². The van der Waals surface area contributed by atoms with Crippen LogP contribution in [0.4, 0.5) is 5.69 Å². The van der Waals surface area contributed by atoms with Gasteiger partial charge in [-0.25, -0.2) is 0 Å². The predicted molar refractivity (Wildman–Crippen MR) is 119 cm³/mol. The fourth-order valence-corrected chi connectivity index (χ4v) is 3.88. The zero-order valence-electron chi connectivity index (χ0n) is 17.0. The molecule has 1 N–H and O–H groups in total. The Bertz CT molecular complexity index is 1190. The number of benzene rings is 3. The Morgan fingerprint density at radius 3 is 2.09 bits per heavy atom. The minimum atomic E-state index is -0.847. The molecule has 32 heavy (non-hydrogen) atoms. The minimum Gasteiger partial charge on any atom is -0.507 e. The van der Waals surface area contributed by atoms with Crippen molar-refractivity contribution < 1.29 is 19.6 Å². The number of aliphatic hydroxyl groups excluding tert-OH is 1. The highest BCUT2D eigenvalue weighted by molar-refractivity contribution is 6.46. The Morgan fingerprint density at radius 2 is 1.50 bits per heavy atom. The standard InChI is InChI=1S/C25H20N2O5/c28-23(19-9-5-2-6-10-19)21-22(18-11-13-20(14-12-18)27(31)32)26(25(30)24(21)29)16-15-17-7-3-1-4-8-17/h1-14,22,28H,15-16H2/b23-21+/t22-/m0/s1. The largest absolute Gasteiger partial charge is 0.507 e. The van der Waals surface area contributed by atoms with Crippen molar-refractivity contribution in [1.82, 2.24) is 4.90 Å². The molecule has 3 aromatic carbocycles. The van der Waals surface area contributed by atoms with Gasteiger partial charge in [-0.3, -0.25) is 19.7 Å². The molecule has 1 atom stereocenters. The van der Waals surface area contributed by atoms with E-state index in [0.29, 0.717) is 17.5 Å². The molecule has 1 saturated heterocycles. The summed E-state index contributed by atoms with van der Waals surface area (Å²) in [5.41, 5.74) is 1.81. The van der Waals surface area contributed by atoms with Gasteiger partial charge < -0.3 is 10.0 Å². The van der Waals surface area contributed by atoms with Crippen molar-refractivity contribution in [2.75, 3.05) is 6.54 Å². The van der Waals surface area contributed by atoms with Gasteiger partial charge in [0.2, 0.25) is 0 Å². The zero-order valence-corrected chi connectivity index (χ0v) is 17.0. The molecule has 0 saturated carbocycles. The van der Waals surface area contributed by atoms with Crippen LogP contribution in [0, 0.1) is 10.1 Å². The molecule has 0 radical (unpaired) electrons. The monoisotopic (exact) mass is 428 g/mol. The van der Waals surface area contributed by atoms with E-state index in [-0.39, 0.29) is 23.6 Å². The van der Waals surface area contributed by atoms with E-state index in [0.717, 1.165) is 5.56 Å². The van der Waals surface area contributed by atoms with Crippen molar-refractivity contribution in [3.8, 4) is 0 Å². The number of amides is 1. The van der Waals surface area contributed by atoms with Crippen molar-refractivity contribution >= 4 is 23.1 Å². The molecule has 0 aliphatic carbocycles. The predicted octanol–water partition coefficient (Wildman–Crippen LogP) is 4.26. The van der Waals surface area contributed by atoms with E-state index >= 15 is 0 Å². The Labute approximate surface area is 184 Å². The topological polar surface area (TPSA) is 101 Å². The number of rotatable bonds is 6. The van der Waals surface area contributed by atoms with Crippen molar-refractivity contribution in [3.63, 3.8) is 0 Å². The molecule has 1 aliphatic rings. The summed E-state index contributed by atoms with van der Waals surface area (Å²) < 4.78 is 0. The number of Topliss-reactive ketones (excluding diaryl/α,β-unsaturated/α-hetero) is 1. The second-order valence-electron chi connectivity index (χ2n) is 7.44. The summed E-state index contributed by atoms with van der Waals surface area (Å²) in [5, 5.41) is 22.0. The lowest BCUT2D eigenvalue weighted by molar-refractivity contribution is -0.384. The Kier molecular flexibility index (Phi) is 5.81. The third-order valence-electron chi connectivity index (χ3n) is 5.49. The average Bonchev–Trinajstić information content (AvgIpc) is 3.08. The maximum absolute atomic E-state index is 13.0. The lowest BCUT2D eigenvalue weighted by Crippen LogP contribution is -2.31. The quantitative estimate of drug-likeness (QED) is 0.208. The first-order chi connectivity index (χ1) is 15.5. The summed E-state index contributed by atoms with van der Waals surface area (Å²) in [6.45, 7) is 0.252. The molecule has 0 aromatic heterocycles. The molecule has 7 heteroatoms. The van der Waals surface area contributed by atoms with Crippen molar-refractivity contribution in [2.24, 2.45) is 0 Å². The van der Waals surface area contributed by atoms with Crippen LogP contribution in [0.25, 0.3) is 5.76 Å². The summed E-state index contributed by atoms with van der Waals surface area (Å²) in [6, 6.07) is 22.9. The first kappa shape index (κ1) is 21.0. The minimum absolute atomic E-state index is 0.0249. The van der Waals surface area contributed by atoms with Gasteiger partial charge in [0, 0.05) is 24.2 Å². The second-order valence-corrected chi connectivity index (χ2v) is 7.44. The van der Waals surface area contributed by atoms with E-state index in [1.807, 2.05) is 30.3 Å². The number of hydrogen-bond donors (Lipinski definition) is 1. The molecule has 1 aliphatic heterocycles. The van der Waals surface area contributed by atoms with Gasteiger partial charge in [0.15, 0.2) is 0 Å². The second kappa shape index (κ2) is 8.85. The molecule has 0 spiro atoms. The normalized spacial score (nSPS) is 17.5. The van der Waals surface area contributed by atoms with Gasteiger partial charge in [-0.2, -0.15) is 0 Å². The van der Waals surface area contributed by atoms with Gasteiger partial charge in [0.1, 0.15) is 5.76 Å². The van der Waals surface area contributed by atoms with Crippen LogP contribution in [-0.2, 0) is 16.0 Å². The van der Waals surface area contributed by atoms with Crippen molar-refractivity contribution in [2.45, 2.75) is 12.5 Å². The van der Waals surface area contributed by atoms with Gasteiger partial charge in [-0.15, -0.1) is 0 Å². The van der Waals surface area contributed by atoms with Gasteiger partial charge in [0.25, 0.3) is 17.4 Å². The lowest BCUT2D eigenvalue weighted by atomic mass is 9.95. The summed E-state index contributed by atoms with van der Waals surface area (Å²) >= 11 is 0. The Hall–Kier alpha value is -4.26. The zero-order chi connectivity index (χ0) is 22.7. The lowest BCUT2D eigenvalue weighted by Gasteiger charge is -2.25. The van der Waals surface area contributed by atoms with Crippen LogP contribution in [0.1, 0.15) is 22.7 Å². The SMILES string of the molecule is O=C1C(=O)N(CCc2ccccc2)[C@@H](c2ccc([N+](=O)[O-])cc2)/C1=C(\O)c1ccccc1. The highest BCUT2D eigenvalue weighted by atomic mass is 16.6. The third kappa shape index (κ3) is 4.00. The van der Waals surface area contributed by atoms with Gasteiger partial charge in [0.05, 0.1) is 16.5 Å². The first-order valence-corrected chi connectivity index (χ1v) is 10.1. The summed E-state index contributed by atoms with van der Waals surface area (Å²) in [5.74, 6) is -1.75. The first-order valence-electron chi connectivity index (χ1n) is 10.1. The number of aliphatic hydroxyl groups is 1. The average molecular weight is 428 g/mol. The highest BCUT2D eigenvalue weighted by Crippen LogP contribution is 2.39. The number of carbonyl (C=O) groups excluding carboxylic acids is 2. The van der Waals surface area contributed by atoms with Crippen LogP contribution in [-0.4, -0.2) is 33.2 Å². The number of carbonyl (C=O) groups is 2. The van der Waals surface area contributed by atoms with E-state index < -0.39 is 22.7 Å². The van der Waals surface area contributed by atoms with E-state index in [1.54, 1.807) is 30.3 Å². The number of likely N-dealkylation sites (tertiary alicyclic amines) is 1. The van der Waals surface area contributed by atoms with Gasteiger partial charge >= 0.3 is 0 Å². The molecule has 0 bridgehead atoms. The van der Waals surface area contributed by atoms with Crippen molar-refractivity contribution in [3.05, 3.63) is 117 Å². The van der Waals surface area contributed by atoms with Crippen LogP contribution in [0.15, 0.2) is 90.5 Å². The summed E-state index contributed by atoms with van der Waals surface area (Å²) in [6.07, 6.45) is 0.517. The van der Waals surface area contributed by atoms with Crippen LogP contribution < -0.4 is 0 Å². The fourth-order valence-electron chi connectivity index (χ4n) is 3.88. The molecular formula is C25H20N2O5. The highest BCUT2D eigenvalue weighted by Gasteiger charge is 2.45. The Balaban J connectivity index is 1.78. The van der Waals surface area contributed by atoms with Crippen LogP contribution in [0.3, 0.4) is 0 Å². The summed E-state index contributed by atoms with van der Waals surface area (Å²) in [4.78, 5) is 37.9. The molecular weight excluding hydrogens is 408 g/mol. The third-order valence-corrected chi connectivity index (χ3v) is 5.49. The fraction of sp³-hybridized carbons (Fsp3) is 0.120. The number of non-ortho nitro benzene ring substituents is 1. The van der Waals surface area contributed by atoms with Crippen LogP contribution in [0.2, 0.25) is 0 Å². The number of nitrogens with zero attached hydrogens (tertiary/aromatic N) is 2. The summed E-state index contributed by atoms with van der Waals surface area (Å²) in [7, 11) is 0. The molecule has 1 heterocycles. The van der Waals surface area contributed by atoms with E-state index in [4.69, 9.17) is 0 Å². The van der Waals surface area contributed by atoms with Gasteiger partial charge in [-0.1, -0.05) is 60.7 Å². The van der Waals surface area contributed by atoms with Crippen molar-refractivity contribution in [1.29, 1.82) is 0 Å². The molecule has 0 unspecified atom stereocenters. The van der Waals surface area contributed by atoms with Crippen LogP contribution >= 0.6 is 0 Å². The van der Waals surface area contributed by atoms with Crippen LogP contribution in [0.5, 0.6) is 0 Å². The number of nitro benzene ring substituents is 1. The number of hydrogen-bond acceptors (Lipinski definition) is 5. The molecule has 1 fully saturated rings. The molecule has 7 nitrogen and oxygen atoms in total. The Morgan fingerprint density at radius 1 is 0.906 bits per heavy atom. The molecule has 3 aromatic rings. The number of ketones is 1. The molecule has 160 valence electrons. The smallest absolute Gasteiger partial charge is 0.295 e. The molecule has 4 rings (SSSR count). The van der Waals surface area contributed by atoms with E-state index in [2.05, 4.69) is 0 Å². The molecule has 1 amide bonds.